The Morgan fingerprint density at radius 2 is 1.73 bits per heavy atom. The number of imidazole rings is 1. The van der Waals surface area contributed by atoms with Gasteiger partial charge < -0.3 is 19.8 Å². The molecule has 8 nitrogen and oxygen atoms in total. The van der Waals surface area contributed by atoms with Gasteiger partial charge in [-0.25, -0.2) is 9.78 Å². The summed E-state index contributed by atoms with van der Waals surface area (Å²) in [6, 6.07) is 18.9. The highest BCUT2D eigenvalue weighted by atomic mass is 16.5. The third kappa shape index (κ3) is 4.64. The standard InChI is InChI=1S/C25H25N5O3/c26-25-28-22-21(23(29-25)32-14-17-7-3-1-4-8-17)27-16-30(22)13-19-11-12-20(19)15-33-24(31)18-9-5-2-6-10-18/h1-10,16,19-20H,11-15H2,(H2,26,28,29). The second-order valence-electron chi connectivity index (χ2n) is 8.29. The maximum atomic E-state index is 12.2. The molecule has 4 aromatic rings. The number of carbonyl (C=O) groups excluding carboxylic acids is 1. The minimum Gasteiger partial charge on any atom is -0.471 e. The summed E-state index contributed by atoms with van der Waals surface area (Å²) in [6.07, 6.45) is 3.84. The van der Waals surface area contributed by atoms with Crippen molar-refractivity contribution in [3.8, 4) is 5.88 Å². The number of hydrogen-bond donors (Lipinski definition) is 1. The Morgan fingerprint density at radius 3 is 2.45 bits per heavy atom. The van der Waals surface area contributed by atoms with E-state index in [9.17, 15) is 4.79 Å². The third-order valence-corrected chi connectivity index (χ3v) is 6.11. The molecule has 0 aliphatic heterocycles. The van der Waals surface area contributed by atoms with E-state index in [-0.39, 0.29) is 11.9 Å². The van der Waals surface area contributed by atoms with Gasteiger partial charge in [-0.05, 0) is 42.4 Å². The molecular formula is C25H25N5O3. The lowest BCUT2D eigenvalue weighted by Gasteiger charge is -2.36. The second-order valence-corrected chi connectivity index (χ2v) is 8.29. The van der Waals surface area contributed by atoms with Crippen LogP contribution >= 0.6 is 0 Å². The number of aromatic nitrogens is 4. The van der Waals surface area contributed by atoms with Gasteiger partial charge in [0.15, 0.2) is 11.2 Å². The minimum absolute atomic E-state index is 0.147. The highest BCUT2D eigenvalue weighted by Crippen LogP contribution is 2.36. The molecule has 0 bridgehead atoms. The van der Waals surface area contributed by atoms with Gasteiger partial charge in [0.25, 0.3) is 0 Å². The lowest BCUT2D eigenvalue weighted by Crippen LogP contribution is -2.34. The van der Waals surface area contributed by atoms with E-state index in [1.807, 2.05) is 53.1 Å². The van der Waals surface area contributed by atoms with Crippen LogP contribution in [0.3, 0.4) is 0 Å². The van der Waals surface area contributed by atoms with Crippen molar-refractivity contribution >= 4 is 23.1 Å². The molecule has 1 fully saturated rings. The summed E-state index contributed by atoms with van der Waals surface area (Å²) in [5, 5.41) is 0. The Kier molecular flexibility index (Phi) is 5.89. The Hall–Kier alpha value is -3.94. The highest BCUT2D eigenvalue weighted by Gasteiger charge is 2.33. The molecule has 0 spiro atoms. The summed E-state index contributed by atoms with van der Waals surface area (Å²) in [5.41, 5.74) is 8.81. The van der Waals surface area contributed by atoms with E-state index < -0.39 is 0 Å². The van der Waals surface area contributed by atoms with Crippen molar-refractivity contribution < 1.29 is 14.3 Å². The van der Waals surface area contributed by atoms with Crippen molar-refractivity contribution in [2.75, 3.05) is 12.3 Å². The molecule has 1 aliphatic carbocycles. The average Bonchev–Trinajstić information content (AvgIpc) is 3.24. The number of nitrogens with zero attached hydrogens (tertiary/aromatic N) is 4. The van der Waals surface area contributed by atoms with E-state index in [0.29, 0.717) is 47.7 Å². The van der Waals surface area contributed by atoms with Crippen LogP contribution in [0.25, 0.3) is 11.2 Å². The number of nitrogen functional groups attached to an aromatic ring is 1. The molecule has 2 aromatic heterocycles. The van der Waals surface area contributed by atoms with Gasteiger partial charge in [0, 0.05) is 6.54 Å². The maximum Gasteiger partial charge on any atom is 0.338 e. The molecule has 0 saturated heterocycles. The predicted molar refractivity (Wildman–Crippen MR) is 123 cm³/mol. The lowest BCUT2D eigenvalue weighted by atomic mass is 9.74. The first-order valence-electron chi connectivity index (χ1n) is 11.0. The van der Waals surface area contributed by atoms with E-state index in [2.05, 4.69) is 15.0 Å². The van der Waals surface area contributed by atoms with Crippen molar-refractivity contribution in [1.82, 2.24) is 19.5 Å². The number of rotatable bonds is 8. The smallest absolute Gasteiger partial charge is 0.338 e. The summed E-state index contributed by atoms with van der Waals surface area (Å²) >= 11 is 0. The molecule has 2 atom stereocenters. The van der Waals surface area contributed by atoms with Gasteiger partial charge in [0.05, 0.1) is 18.5 Å². The third-order valence-electron chi connectivity index (χ3n) is 6.11. The minimum atomic E-state index is -0.282. The number of carbonyl (C=O) groups is 1. The maximum absolute atomic E-state index is 12.2. The molecular weight excluding hydrogens is 418 g/mol. The molecule has 2 heterocycles. The molecule has 168 valence electrons. The lowest BCUT2D eigenvalue weighted by molar-refractivity contribution is 0.0208. The Balaban J connectivity index is 1.24. The molecule has 33 heavy (non-hydrogen) atoms. The van der Waals surface area contributed by atoms with Gasteiger partial charge in [0.1, 0.15) is 6.61 Å². The quantitative estimate of drug-likeness (QED) is 0.412. The van der Waals surface area contributed by atoms with Crippen molar-refractivity contribution in [3.63, 3.8) is 0 Å². The Labute approximate surface area is 191 Å². The van der Waals surface area contributed by atoms with Crippen LogP contribution in [0.15, 0.2) is 67.0 Å². The fraction of sp³-hybridized carbons (Fsp3) is 0.280. The molecule has 2 N–H and O–H groups in total. The molecule has 1 saturated carbocycles. The number of hydrogen-bond acceptors (Lipinski definition) is 7. The first-order chi connectivity index (χ1) is 16.2. The van der Waals surface area contributed by atoms with Gasteiger partial charge in [0.2, 0.25) is 11.8 Å². The van der Waals surface area contributed by atoms with E-state index in [4.69, 9.17) is 15.2 Å². The number of fused-ring (bicyclic) bond motifs is 1. The SMILES string of the molecule is Nc1nc(OCc2ccccc2)c2ncn(CC3CCC3COC(=O)c3ccccc3)c2n1. The van der Waals surface area contributed by atoms with Crippen LogP contribution in [0.4, 0.5) is 5.95 Å². The van der Waals surface area contributed by atoms with Gasteiger partial charge in [-0.3, -0.25) is 0 Å². The zero-order valence-corrected chi connectivity index (χ0v) is 18.1. The largest absolute Gasteiger partial charge is 0.471 e. The molecule has 2 aromatic carbocycles. The Bertz CT molecular complexity index is 1240. The van der Waals surface area contributed by atoms with E-state index in [1.165, 1.54) is 0 Å². The number of anilines is 1. The topological polar surface area (TPSA) is 105 Å². The summed E-state index contributed by atoms with van der Waals surface area (Å²) in [4.78, 5) is 25.4. The van der Waals surface area contributed by atoms with Crippen LogP contribution in [0.2, 0.25) is 0 Å². The van der Waals surface area contributed by atoms with Crippen LogP contribution < -0.4 is 10.5 Å². The zero-order valence-electron chi connectivity index (χ0n) is 18.1. The summed E-state index contributed by atoms with van der Waals surface area (Å²) in [5.74, 6) is 0.922. The average molecular weight is 444 g/mol. The van der Waals surface area contributed by atoms with Gasteiger partial charge in [-0.2, -0.15) is 9.97 Å². The fourth-order valence-corrected chi connectivity index (χ4v) is 4.09. The van der Waals surface area contributed by atoms with E-state index in [1.54, 1.807) is 18.5 Å². The highest BCUT2D eigenvalue weighted by molar-refractivity contribution is 5.89. The van der Waals surface area contributed by atoms with Gasteiger partial charge >= 0.3 is 5.97 Å². The van der Waals surface area contributed by atoms with Crippen molar-refractivity contribution in [3.05, 3.63) is 78.1 Å². The molecule has 2 unspecified atom stereocenters. The monoisotopic (exact) mass is 443 g/mol. The molecule has 0 amide bonds. The fourth-order valence-electron chi connectivity index (χ4n) is 4.09. The first kappa shape index (κ1) is 20.9. The first-order valence-corrected chi connectivity index (χ1v) is 11.0. The zero-order chi connectivity index (χ0) is 22.6. The summed E-state index contributed by atoms with van der Waals surface area (Å²) in [6.45, 7) is 1.50. The van der Waals surface area contributed by atoms with Crippen molar-refractivity contribution in [2.45, 2.75) is 26.0 Å². The van der Waals surface area contributed by atoms with Crippen LogP contribution in [0, 0.1) is 11.8 Å². The van der Waals surface area contributed by atoms with Gasteiger partial charge in [-0.15, -0.1) is 0 Å². The molecule has 8 heteroatoms. The summed E-state index contributed by atoms with van der Waals surface area (Å²) < 4.78 is 13.4. The van der Waals surface area contributed by atoms with Crippen LogP contribution in [0.1, 0.15) is 28.8 Å². The second kappa shape index (κ2) is 9.28. The molecule has 1 aliphatic rings. The number of ether oxygens (including phenoxy) is 2. The van der Waals surface area contributed by atoms with Gasteiger partial charge in [-0.1, -0.05) is 48.5 Å². The van der Waals surface area contributed by atoms with E-state index in [0.717, 1.165) is 24.9 Å². The normalized spacial score (nSPS) is 17.5. The van der Waals surface area contributed by atoms with Crippen molar-refractivity contribution in [2.24, 2.45) is 11.8 Å². The number of esters is 1. The van der Waals surface area contributed by atoms with Crippen LogP contribution in [0.5, 0.6) is 5.88 Å². The summed E-state index contributed by atoms with van der Waals surface area (Å²) in [7, 11) is 0. The van der Waals surface area contributed by atoms with Crippen molar-refractivity contribution in [1.29, 1.82) is 0 Å². The number of benzene rings is 2. The predicted octanol–water partition coefficient (Wildman–Crippen LogP) is 3.87. The Morgan fingerprint density at radius 1 is 1.00 bits per heavy atom. The molecule has 5 rings (SSSR count). The van der Waals surface area contributed by atoms with Crippen LogP contribution in [-0.2, 0) is 17.9 Å². The van der Waals surface area contributed by atoms with E-state index >= 15 is 0 Å². The molecule has 0 radical (unpaired) electrons. The van der Waals surface area contributed by atoms with Crippen LogP contribution in [-0.4, -0.2) is 32.1 Å². The number of nitrogens with two attached hydrogens (primary N) is 1.